The number of hydrogen-bond acceptors (Lipinski definition) is 2. The quantitative estimate of drug-likeness (QED) is 0.162. The average molecular weight is 740 g/mol. The van der Waals surface area contributed by atoms with Crippen LogP contribution in [0, 0.1) is 0 Å². The van der Waals surface area contributed by atoms with Crippen LogP contribution in [0.5, 0.6) is 0 Å². The molecule has 0 aliphatic heterocycles. The molecule has 2 nitrogen and oxygen atoms in total. The number of hydrogen-bond donors (Lipinski definition) is 0. The van der Waals surface area contributed by atoms with Gasteiger partial charge in [-0.25, -0.2) is 0 Å². The van der Waals surface area contributed by atoms with Crippen molar-refractivity contribution in [1.82, 2.24) is 0 Å². The second kappa shape index (κ2) is 14.1. The van der Waals surface area contributed by atoms with Crippen molar-refractivity contribution >= 4 is 60.5 Å². The highest BCUT2D eigenvalue weighted by molar-refractivity contribution is 6.19. The van der Waals surface area contributed by atoms with E-state index in [4.69, 9.17) is 4.42 Å². The highest BCUT2D eigenvalue weighted by Gasteiger charge is 2.20. The number of furan rings is 1. The molecule has 1 heterocycles. The molecule has 0 saturated carbocycles. The van der Waals surface area contributed by atoms with E-state index < -0.39 is 0 Å². The third-order valence-corrected chi connectivity index (χ3v) is 11.4. The lowest BCUT2D eigenvalue weighted by Gasteiger charge is -2.26. The molecular weight excluding hydrogens is 703 g/mol. The van der Waals surface area contributed by atoms with E-state index in [1.165, 1.54) is 54.9 Å². The number of fused-ring (bicyclic) bond motifs is 5. The molecule has 0 fully saturated rings. The van der Waals surface area contributed by atoms with Crippen LogP contribution >= 0.6 is 0 Å². The lowest BCUT2D eigenvalue weighted by molar-refractivity contribution is 0.670. The summed E-state index contributed by atoms with van der Waals surface area (Å²) >= 11 is 0. The van der Waals surface area contributed by atoms with Gasteiger partial charge in [0.25, 0.3) is 0 Å². The Morgan fingerprint density at radius 1 is 0.276 bits per heavy atom. The molecule has 0 radical (unpaired) electrons. The Hall–Kier alpha value is -7.68. The van der Waals surface area contributed by atoms with Gasteiger partial charge in [-0.15, -0.1) is 0 Å². The van der Waals surface area contributed by atoms with Crippen LogP contribution in [-0.2, 0) is 0 Å². The molecule has 0 aliphatic carbocycles. The fourth-order valence-electron chi connectivity index (χ4n) is 8.50. The molecule has 1 aromatic heterocycles. The van der Waals surface area contributed by atoms with Crippen molar-refractivity contribution in [3.05, 3.63) is 224 Å². The average Bonchev–Trinajstić information content (AvgIpc) is 3.66. The largest absolute Gasteiger partial charge is 0.455 e. The Kier molecular flexibility index (Phi) is 8.19. The summed E-state index contributed by atoms with van der Waals surface area (Å²) in [6, 6.07) is 80.5. The summed E-state index contributed by atoms with van der Waals surface area (Å²) in [7, 11) is 0. The van der Waals surface area contributed by atoms with Gasteiger partial charge in [-0.05, 0) is 115 Å². The van der Waals surface area contributed by atoms with E-state index in [0.29, 0.717) is 0 Å². The molecule has 10 aromatic carbocycles. The molecule has 0 saturated heterocycles. The van der Waals surface area contributed by atoms with E-state index in [0.717, 1.165) is 50.1 Å². The Morgan fingerprint density at radius 2 is 0.759 bits per heavy atom. The van der Waals surface area contributed by atoms with Gasteiger partial charge >= 0.3 is 0 Å². The third kappa shape index (κ3) is 6.00. The van der Waals surface area contributed by atoms with Crippen LogP contribution < -0.4 is 4.90 Å². The Balaban J connectivity index is 1.04. The first kappa shape index (κ1) is 33.6. The highest BCUT2D eigenvalue weighted by atomic mass is 16.3. The SMILES string of the molecule is c1ccc(-c2ccc(N(c3ccc(-c4ccccc4)cc3)c3ccc4oc5c(-c6ccc(-c7ccc8ccccc8c7)cc6)c6ccccc6cc5c4c3)cc2)cc1. The summed E-state index contributed by atoms with van der Waals surface area (Å²) in [5.74, 6) is 0. The molecule has 0 spiro atoms. The number of nitrogens with zero attached hydrogens (tertiary/aromatic N) is 1. The predicted octanol–water partition coefficient (Wildman–Crippen LogP) is 16.0. The van der Waals surface area contributed by atoms with E-state index in [-0.39, 0.29) is 0 Å². The van der Waals surface area contributed by atoms with Gasteiger partial charge < -0.3 is 9.32 Å². The summed E-state index contributed by atoms with van der Waals surface area (Å²) in [6.07, 6.45) is 0. The van der Waals surface area contributed by atoms with Crippen LogP contribution in [0.25, 0.3) is 88.0 Å². The van der Waals surface area contributed by atoms with Gasteiger partial charge in [0.15, 0.2) is 0 Å². The smallest absolute Gasteiger partial charge is 0.143 e. The van der Waals surface area contributed by atoms with Gasteiger partial charge in [-0.1, -0.05) is 170 Å². The van der Waals surface area contributed by atoms with Crippen molar-refractivity contribution < 1.29 is 4.42 Å². The molecule has 0 atom stereocenters. The standard InChI is InChI=1S/C56H37NO/c1-3-11-38(12-4-1)41-25-29-48(30-26-41)57(49-31-27-42(28-32-49)39-13-5-2-6-14-39)50-33-34-54-52(37-50)53-36-47-17-9-10-18-51(47)55(56(53)58-54)44-22-19-43(20-23-44)46-24-21-40-15-7-8-16-45(40)35-46/h1-37H. The van der Waals surface area contributed by atoms with Crippen LogP contribution in [0.4, 0.5) is 17.1 Å². The predicted molar refractivity (Wildman–Crippen MR) is 245 cm³/mol. The van der Waals surface area contributed by atoms with Gasteiger partial charge in [-0.2, -0.15) is 0 Å². The number of benzene rings is 10. The van der Waals surface area contributed by atoms with Gasteiger partial charge in [0, 0.05) is 33.4 Å². The van der Waals surface area contributed by atoms with Crippen LogP contribution in [0.2, 0.25) is 0 Å². The van der Waals surface area contributed by atoms with Crippen LogP contribution in [0.15, 0.2) is 229 Å². The summed E-state index contributed by atoms with van der Waals surface area (Å²) < 4.78 is 6.87. The minimum Gasteiger partial charge on any atom is -0.455 e. The summed E-state index contributed by atoms with van der Waals surface area (Å²) in [6.45, 7) is 0. The zero-order chi connectivity index (χ0) is 38.4. The van der Waals surface area contributed by atoms with Gasteiger partial charge in [0.05, 0.1) is 0 Å². The molecule has 0 unspecified atom stereocenters. The Labute approximate surface area is 337 Å². The summed E-state index contributed by atoms with van der Waals surface area (Å²) in [4.78, 5) is 2.34. The highest BCUT2D eigenvalue weighted by Crippen LogP contribution is 2.44. The lowest BCUT2D eigenvalue weighted by Crippen LogP contribution is -2.09. The van der Waals surface area contributed by atoms with E-state index in [9.17, 15) is 0 Å². The third-order valence-electron chi connectivity index (χ3n) is 11.4. The molecule has 0 aliphatic rings. The minimum atomic E-state index is 0.863. The first-order valence-electron chi connectivity index (χ1n) is 19.8. The van der Waals surface area contributed by atoms with Crippen molar-refractivity contribution in [2.45, 2.75) is 0 Å². The van der Waals surface area contributed by atoms with Crippen molar-refractivity contribution in [2.24, 2.45) is 0 Å². The zero-order valence-corrected chi connectivity index (χ0v) is 31.7. The molecular formula is C56H37NO. The number of anilines is 3. The fourth-order valence-corrected chi connectivity index (χ4v) is 8.50. The van der Waals surface area contributed by atoms with Gasteiger partial charge in [0.1, 0.15) is 11.2 Å². The first-order chi connectivity index (χ1) is 28.7. The van der Waals surface area contributed by atoms with Crippen molar-refractivity contribution in [3.8, 4) is 44.5 Å². The molecule has 11 rings (SSSR count). The second-order valence-electron chi connectivity index (χ2n) is 14.9. The van der Waals surface area contributed by atoms with Gasteiger partial charge in [0.2, 0.25) is 0 Å². The molecule has 58 heavy (non-hydrogen) atoms. The summed E-state index contributed by atoms with van der Waals surface area (Å²) in [5.41, 5.74) is 14.4. The van der Waals surface area contributed by atoms with Gasteiger partial charge in [-0.3, -0.25) is 0 Å². The molecule has 0 amide bonds. The van der Waals surface area contributed by atoms with Crippen LogP contribution in [0.1, 0.15) is 0 Å². The Bertz CT molecular complexity index is 3150. The van der Waals surface area contributed by atoms with Crippen LogP contribution in [0.3, 0.4) is 0 Å². The van der Waals surface area contributed by atoms with E-state index in [1.807, 2.05) is 0 Å². The van der Waals surface area contributed by atoms with E-state index >= 15 is 0 Å². The van der Waals surface area contributed by atoms with Crippen molar-refractivity contribution in [2.75, 3.05) is 4.90 Å². The molecule has 0 bridgehead atoms. The maximum Gasteiger partial charge on any atom is 0.143 e. The van der Waals surface area contributed by atoms with Crippen molar-refractivity contribution in [1.29, 1.82) is 0 Å². The molecule has 2 heteroatoms. The summed E-state index contributed by atoms with van der Waals surface area (Å²) in [5, 5.41) is 7.03. The van der Waals surface area contributed by atoms with E-state index in [2.05, 4.69) is 229 Å². The van der Waals surface area contributed by atoms with Crippen LogP contribution in [-0.4, -0.2) is 0 Å². The number of rotatable bonds is 7. The normalized spacial score (nSPS) is 11.4. The topological polar surface area (TPSA) is 16.4 Å². The molecule has 0 N–H and O–H groups in total. The van der Waals surface area contributed by atoms with E-state index in [1.54, 1.807) is 0 Å². The fraction of sp³-hybridized carbons (Fsp3) is 0. The second-order valence-corrected chi connectivity index (χ2v) is 14.9. The molecule has 11 aromatic rings. The Morgan fingerprint density at radius 3 is 1.41 bits per heavy atom. The zero-order valence-electron chi connectivity index (χ0n) is 31.7. The minimum absolute atomic E-state index is 0.863. The maximum absolute atomic E-state index is 6.87. The first-order valence-corrected chi connectivity index (χ1v) is 19.8. The lowest BCUT2D eigenvalue weighted by atomic mass is 9.93. The monoisotopic (exact) mass is 739 g/mol. The van der Waals surface area contributed by atoms with Crippen molar-refractivity contribution in [3.63, 3.8) is 0 Å². The maximum atomic E-state index is 6.87. The molecule has 272 valence electrons.